The summed E-state index contributed by atoms with van der Waals surface area (Å²) in [4.78, 5) is 17.6. The van der Waals surface area contributed by atoms with Crippen molar-refractivity contribution >= 4 is 11.4 Å². The molecular formula is C24H28F2N2O3. The molecule has 0 aliphatic heterocycles. The molecule has 0 spiro atoms. The van der Waals surface area contributed by atoms with Gasteiger partial charge in [-0.1, -0.05) is 26.3 Å². The standard InChI is InChI=1S/C23H24F2N2O3.CH4/c1-15-21(19(29)12-23(14-28)9-2-3-10-23)27-11-5-8-20(22(27)26-15)30-13-16-17(24)6-4-7-18(16)25;/h4-8,11,28H,2-3,9-10,12-14H2,1H3;1H4. The molecule has 0 bridgehead atoms. The average Bonchev–Trinajstić information content (AvgIpc) is 3.32. The number of fused-ring (bicyclic) bond motifs is 1. The quantitative estimate of drug-likeness (QED) is 0.519. The van der Waals surface area contributed by atoms with Crippen LogP contribution in [0.2, 0.25) is 0 Å². The van der Waals surface area contributed by atoms with Crippen molar-refractivity contribution in [2.24, 2.45) is 5.41 Å². The molecule has 1 aliphatic carbocycles. The van der Waals surface area contributed by atoms with E-state index < -0.39 is 11.6 Å². The van der Waals surface area contributed by atoms with Crippen molar-refractivity contribution in [1.29, 1.82) is 0 Å². The molecular weight excluding hydrogens is 402 g/mol. The van der Waals surface area contributed by atoms with Crippen molar-refractivity contribution in [3.8, 4) is 5.75 Å². The zero-order chi connectivity index (χ0) is 21.3. The number of nitrogens with zero attached hydrogens (tertiary/aromatic N) is 2. The Labute approximate surface area is 180 Å². The third-order valence-electron chi connectivity index (χ3n) is 6.02. The van der Waals surface area contributed by atoms with E-state index in [4.69, 9.17) is 4.74 Å². The second-order valence-electron chi connectivity index (χ2n) is 8.07. The maximum Gasteiger partial charge on any atom is 0.182 e. The Morgan fingerprint density at radius 3 is 2.52 bits per heavy atom. The first-order valence-corrected chi connectivity index (χ1v) is 10.1. The van der Waals surface area contributed by atoms with Crippen LogP contribution in [0.5, 0.6) is 5.75 Å². The summed E-state index contributed by atoms with van der Waals surface area (Å²) in [5, 5.41) is 9.86. The third kappa shape index (κ3) is 4.32. The number of aromatic nitrogens is 2. The van der Waals surface area contributed by atoms with E-state index in [1.54, 1.807) is 29.7 Å². The van der Waals surface area contributed by atoms with E-state index in [2.05, 4.69) is 4.98 Å². The van der Waals surface area contributed by atoms with Crippen molar-refractivity contribution < 1.29 is 23.4 Å². The van der Waals surface area contributed by atoms with Crippen LogP contribution in [0.3, 0.4) is 0 Å². The second-order valence-corrected chi connectivity index (χ2v) is 8.07. The van der Waals surface area contributed by atoms with Crippen LogP contribution in [0.1, 0.15) is 61.3 Å². The van der Waals surface area contributed by atoms with Gasteiger partial charge in [0.1, 0.15) is 23.9 Å². The smallest absolute Gasteiger partial charge is 0.182 e. The highest BCUT2D eigenvalue weighted by Crippen LogP contribution is 2.41. The summed E-state index contributed by atoms with van der Waals surface area (Å²) >= 11 is 0. The fourth-order valence-electron chi connectivity index (χ4n) is 4.36. The number of pyridine rings is 1. The number of hydrogen-bond donors (Lipinski definition) is 1. The number of carbonyl (C=O) groups is 1. The van der Waals surface area contributed by atoms with Crippen LogP contribution in [0, 0.1) is 24.0 Å². The number of rotatable bonds is 7. The van der Waals surface area contributed by atoms with Crippen molar-refractivity contribution in [1.82, 2.24) is 9.38 Å². The first-order valence-electron chi connectivity index (χ1n) is 10.1. The molecule has 1 N–H and O–H groups in total. The number of halogens is 2. The van der Waals surface area contributed by atoms with Gasteiger partial charge in [-0.25, -0.2) is 13.8 Å². The van der Waals surface area contributed by atoms with Crippen LogP contribution in [-0.2, 0) is 6.61 Å². The molecule has 166 valence electrons. The van der Waals surface area contributed by atoms with Crippen LogP contribution in [0.4, 0.5) is 8.78 Å². The second kappa shape index (κ2) is 9.14. The fourth-order valence-corrected chi connectivity index (χ4v) is 4.36. The van der Waals surface area contributed by atoms with Gasteiger partial charge in [-0.05, 0) is 44.0 Å². The lowest BCUT2D eigenvalue weighted by Gasteiger charge is -2.25. The number of ether oxygens (including phenoxy) is 1. The number of aliphatic hydroxyl groups excluding tert-OH is 1. The van der Waals surface area contributed by atoms with Crippen molar-refractivity contribution in [3.63, 3.8) is 0 Å². The van der Waals surface area contributed by atoms with E-state index in [-0.39, 0.29) is 43.8 Å². The number of benzene rings is 1. The van der Waals surface area contributed by atoms with Gasteiger partial charge in [0.2, 0.25) is 0 Å². The van der Waals surface area contributed by atoms with Gasteiger partial charge in [-0.15, -0.1) is 0 Å². The highest BCUT2D eigenvalue weighted by atomic mass is 19.1. The van der Waals surface area contributed by atoms with Gasteiger partial charge in [0, 0.05) is 24.6 Å². The lowest BCUT2D eigenvalue weighted by Crippen LogP contribution is -2.26. The molecule has 0 amide bonds. The van der Waals surface area contributed by atoms with Gasteiger partial charge in [0.05, 0.1) is 11.3 Å². The monoisotopic (exact) mass is 430 g/mol. The first kappa shape index (κ1) is 22.9. The molecule has 0 radical (unpaired) electrons. The maximum atomic E-state index is 13.9. The molecule has 0 atom stereocenters. The molecule has 0 unspecified atom stereocenters. The Bertz CT molecular complexity index is 1070. The van der Waals surface area contributed by atoms with Gasteiger partial charge in [-0.2, -0.15) is 0 Å². The van der Waals surface area contributed by atoms with Crippen LogP contribution in [-0.4, -0.2) is 26.9 Å². The molecule has 3 aromatic rings. The summed E-state index contributed by atoms with van der Waals surface area (Å²) in [5.41, 5.74) is 0.903. The Hall–Kier alpha value is -2.80. The topological polar surface area (TPSA) is 63.8 Å². The molecule has 7 heteroatoms. The summed E-state index contributed by atoms with van der Waals surface area (Å²) in [7, 11) is 0. The predicted octanol–water partition coefficient (Wildman–Crippen LogP) is 5.26. The van der Waals surface area contributed by atoms with Gasteiger partial charge < -0.3 is 9.84 Å². The SMILES string of the molecule is C.Cc1nc2c(OCc3c(F)cccc3F)cccn2c1C(=O)CC1(CO)CCCC1. The number of aryl methyl sites for hydroxylation is 1. The summed E-state index contributed by atoms with van der Waals surface area (Å²) < 4.78 is 35.1. The van der Waals surface area contributed by atoms with Gasteiger partial charge in [-0.3, -0.25) is 9.20 Å². The number of carbonyl (C=O) groups excluding carboxylic acids is 1. The number of Topliss-reactive ketones (excluding diaryl/α,β-unsaturated/α-hetero) is 1. The van der Waals surface area contributed by atoms with E-state index >= 15 is 0 Å². The van der Waals surface area contributed by atoms with E-state index in [1.165, 1.54) is 18.2 Å². The minimum Gasteiger partial charge on any atom is -0.485 e. The van der Waals surface area contributed by atoms with E-state index in [9.17, 15) is 18.7 Å². The highest BCUT2D eigenvalue weighted by Gasteiger charge is 2.36. The minimum absolute atomic E-state index is 0. The first-order chi connectivity index (χ1) is 14.4. The molecule has 1 aromatic carbocycles. The molecule has 31 heavy (non-hydrogen) atoms. The zero-order valence-corrected chi connectivity index (χ0v) is 16.8. The molecule has 5 nitrogen and oxygen atoms in total. The van der Waals surface area contributed by atoms with Crippen LogP contribution in [0.15, 0.2) is 36.5 Å². The molecule has 1 fully saturated rings. The molecule has 1 saturated carbocycles. The van der Waals surface area contributed by atoms with Crippen LogP contribution < -0.4 is 4.74 Å². The number of ketones is 1. The maximum absolute atomic E-state index is 13.9. The summed E-state index contributed by atoms with van der Waals surface area (Å²) in [5.74, 6) is -1.10. The number of imidazole rings is 1. The Morgan fingerprint density at radius 2 is 1.87 bits per heavy atom. The summed E-state index contributed by atoms with van der Waals surface area (Å²) in [6.45, 7) is 1.46. The Kier molecular flexibility index (Phi) is 6.74. The third-order valence-corrected chi connectivity index (χ3v) is 6.02. The minimum atomic E-state index is -0.678. The van der Waals surface area contributed by atoms with Gasteiger partial charge >= 0.3 is 0 Å². The summed E-state index contributed by atoms with van der Waals surface area (Å²) in [6, 6.07) is 7.02. The molecule has 2 aromatic heterocycles. The van der Waals surface area contributed by atoms with E-state index in [1.807, 2.05) is 0 Å². The molecule has 0 saturated heterocycles. The van der Waals surface area contributed by atoms with E-state index in [0.717, 1.165) is 25.7 Å². The summed E-state index contributed by atoms with van der Waals surface area (Å²) in [6.07, 6.45) is 5.71. The van der Waals surface area contributed by atoms with Crippen molar-refractivity contribution in [3.05, 3.63) is 65.1 Å². The Balaban J connectivity index is 0.00000272. The average molecular weight is 430 g/mol. The highest BCUT2D eigenvalue weighted by molar-refractivity contribution is 5.97. The molecule has 2 heterocycles. The molecule has 1 aliphatic rings. The number of aliphatic hydroxyl groups is 1. The number of hydrogen-bond acceptors (Lipinski definition) is 4. The van der Waals surface area contributed by atoms with Crippen molar-refractivity contribution in [2.45, 2.75) is 53.1 Å². The normalized spacial score (nSPS) is 15.1. The molecule has 4 rings (SSSR count). The van der Waals surface area contributed by atoms with Gasteiger partial charge in [0.25, 0.3) is 0 Å². The predicted molar refractivity (Wildman–Crippen MR) is 114 cm³/mol. The van der Waals surface area contributed by atoms with Crippen LogP contribution in [0.25, 0.3) is 5.65 Å². The lowest BCUT2D eigenvalue weighted by molar-refractivity contribution is 0.0787. The van der Waals surface area contributed by atoms with E-state index in [0.29, 0.717) is 22.8 Å². The lowest BCUT2D eigenvalue weighted by atomic mass is 9.81. The Morgan fingerprint density at radius 1 is 1.19 bits per heavy atom. The zero-order valence-electron chi connectivity index (χ0n) is 16.8. The van der Waals surface area contributed by atoms with Crippen LogP contribution >= 0.6 is 0 Å². The van der Waals surface area contributed by atoms with Gasteiger partial charge in [0.15, 0.2) is 17.2 Å². The van der Waals surface area contributed by atoms with Crippen molar-refractivity contribution in [2.75, 3.05) is 6.61 Å². The largest absolute Gasteiger partial charge is 0.485 e. The fraction of sp³-hybridized carbons (Fsp3) is 0.417.